The highest BCUT2D eigenvalue weighted by Gasteiger charge is 2.05. The Morgan fingerprint density at radius 1 is 2.00 bits per heavy atom. The molecule has 1 unspecified atom stereocenters. The average molecular weight is 130 g/mol. The lowest BCUT2D eigenvalue weighted by Crippen LogP contribution is -2.13. The van der Waals surface area contributed by atoms with E-state index < -0.39 is 18.3 Å². The van der Waals surface area contributed by atoms with Gasteiger partial charge in [-0.05, 0) is 0 Å². The van der Waals surface area contributed by atoms with Crippen LogP contribution in [-0.4, -0.2) is 18.3 Å². The Balaban J connectivity index is 3.85. The fourth-order valence-electron chi connectivity index (χ4n) is 0.184. The van der Waals surface area contributed by atoms with Crippen molar-refractivity contribution in [3.8, 4) is 0 Å². The van der Waals surface area contributed by atoms with Gasteiger partial charge in [0.1, 0.15) is 6.58 Å². The summed E-state index contributed by atoms with van der Waals surface area (Å²) in [6.07, 6.45) is 1.03. The van der Waals surface area contributed by atoms with Crippen LogP contribution in [0.5, 0.6) is 0 Å². The molecule has 0 heterocycles. The van der Waals surface area contributed by atoms with Crippen LogP contribution < -0.4 is 0 Å². The van der Waals surface area contributed by atoms with Crippen LogP contribution in [0.1, 0.15) is 9.67 Å². The zero-order chi connectivity index (χ0) is 8.85. The van der Waals surface area contributed by atoms with Crippen LogP contribution >= 0.6 is 0 Å². The van der Waals surface area contributed by atoms with E-state index in [-0.39, 0.29) is 0 Å². The summed E-state index contributed by atoms with van der Waals surface area (Å²) in [5, 5.41) is 0. The lowest BCUT2D eigenvalue weighted by molar-refractivity contribution is -0.151. The maximum atomic E-state index is 10.4. The summed E-state index contributed by atoms with van der Waals surface area (Å²) in [4.78, 5) is 20.7. The molecule has 0 saturated carbocycles. The van der Waals surface area contributed by atoms with E-state index in [4.69, 9.17) is 2.74 Å². The minimum absolute atomic E-state index is 0.749. The number of carbonyl (C=O) groups excluding carboxylic acids is 2. The van der Waals surface area contributed by atoms with Crippen molar-refractivity contribution < 1.29 is 17.1 Å². The van der Waals surface area contributed by atoms with Crippen LogP contribution in [-0.2, 0) is 14.3 Å². The van der Waals surface area contributed by atoms with E-state index in [0.29, 0.717) is 0 Å². The van der Waals surface area contributed by atoms with Crippen molar-refractivity contribution in [1.29, 1.82) is 0 Å². The molecule has 0 saturated heterocycles. The fourth-order valence-corrected chi connectivity index (χ4v) is 0.184. The molecule has 1 atom stereocenters. The standard InChI is InChI=1S/C6H8O3/c1-3-4-9-6(8)5(2)7/h3H,1,4H2,2H3/i1D,4D/b3-1-. The molecule has 50 valence electrons. The fraction of sp³-hybridized carbons (Fsp3) is 0.333. The maximum Gasteiger partial charge on any atom is 0.374 e. The third-order valence-electron chi connectivity index (χ3n) is 0.541. The monoisotopic (exact) mass is 130 g/mol. The smallest absolute Gasteiger partial charge is 0.374 e. The molecule has 0 aliphatic heterocycles. The molecule has 0 radical (unpaired) electrons. The SMILES string of the molecule is [2H]/C=C\C([2H])OC(=O)C(C)=O. The van der Waals surface area contributed by atoms with Gasteiger partial charge in [0.05, 0.1) is 2.74 Å². The van der Waals surface area contributed by atoms with E-state index in [1.54, 1.807) is 0 Å². The quantitative estimate of drug-likeness (QED) is 0.313. The second kappa shape index (κ2) is 3.83. The van der Waals surface area contributed by atoms with Gasteiger partial charge in [0, 0.05) is 6.92 Å². The molecular formula is C6H8O3. The van der Waals surface area contributed by atoms with Crippen molar-refractivity contribution in [2.24, 2.45) is 0 Å². The van der Waals surface area contributed by atoms with Crippen molar-refractivity contribution in [1.82, 2.24) is 0 Å². The Labute approximate surface area is 56.1 Å². The highest BCUT2D eigenvalue weighted by atomic mass is 16.5. The first-order valence-corrected chi connectivity index (χ1v) is 2.26. The molecule has 0 bridgehead atoms. The highest BCUT2D eigenvalue weighted by molar-refractivity contribution is 6.32. The van der Waals surface area contributed by atoms with Crippen molar-refractivity contribution >= 4 is 11.8 Å². The average Bonchev–Trinajstić information content (AvgIpc) is 1.87. The summed E-state index contributed by atoms with van der Waals surface area (Å²) >= 11 is 0. The predicted octanol–water partition coefficient (Wildman–Crippen LogP) is 0.305. The molecular weight excluding hydrogens is 120 g/mol. The summed E-state index contributed by atoms with van der Waals surface area (Å²) in [7, 11) is 0. The van der Waals surface area contributed by atoms with E-state index in [1.165, 1.54) is 0 Å². The summed E-state index contributed by atoms with van der Waals surface area (Å²) in [5.41, 5.74) is 0. The first kappa shape index (κ1) is 4.73. The van der Waals surface area contributed by atoms with Gasteiger partial charge in [-0.1, -0.05) is 12.6 Å². The molecule has 3 nitrogen and oxygen atoms in total. The second-order valence-corrected chi connectivity index (χ2v) is 1.29. The van der Waals surface area contributed by atoms with Crippen molar-refractivity contribution in [3.05, 3.63) is 12.6 Å². The molecule has 0 amide bonds. The topological polar surface area (TPSA) is 43.4 Å². The van der Waals surface area contributed by atoms with Crippen LogP contribution in [0.3, 0.4) is 0 Å². The van der Waals surface area contributed by atoms with Crippen LogP contribution in [0.4, 0.5) is 0 Å². The van der Waals surface area contributed by atoms with Gasteiger partial charge in [0.2, 0.25) is 5.78 Å². The van der Waals surface area contributed by atoms with E-state index in [9.17, 15) is 9.59 Å². The van der Waals surface area contributed by atoms with Crippen molar-refractivity contribution in [3.63, 3.8) is 0 Å². The van der Waals surface area contributed by atoms with Gasteiger partial charge in [0.15, 0.2) is 0 Å². The number of esters is 1. The lowest BCUT2D eigenvalue weighted by Gasteiger charge is -1.94. The normalized spacial score (nSPS) is 16.1. The van der Waals surface area contributed by atoms with Crippen LogP contribution in [0.15, 0.2) is 12.6 Å². The second-order valence-electron chi connectivity index (χ2n) is 1.29. The molecule has 0 aliphatic rings. The summed E-state index contributed by atoms with van der Waals surface area (Å²) < 4.78 is 17.6. The van der Waals surface area contributed by atoms with Crippen LogP contribution in [0.25, 0.3) is 0 Å². The number of hydrogen-bond donors (Lipinski definition) is 0. The van der Waals surface area contributed by atoms with Crippen LogP contribution in [0.2, 0.25) is 0 Å². The zero-order valence-corrected chi connectivity index (χ0v) is 4.96. The zero-order valence-electron chi connectivity index (χ0n) is 6.96. The third-order valence-corrected chi connectivity index (χ3v) is 0.541. The number of rotatable bonds is 3. The Hall–Kier alpha value is -1.12. The van der Waals surface area contributed by atoms with Gasteiger partial charge < -0.3 is 4.74 Å². The molecule has 0 spiro atoms. The molecule has 0 rings (SSSR count). The Morgan fingerprint density at radius 2 is 2.67 bits per heavy atom. The van der Waals surface area contributed by atoms with E-state index in [2.05, 4.69) is 4.74 Å². The van der Waals surface area contributed by atoms with E-state index in [0.717, 1.165) is 19.6 Å². The largest absolute Gasteiger partial charge is 0.456 e. The molecule has 0 aromatic rings. The number of carbonyl (C=O) groups is 2. The van der Waals surface area contributed by atoms with Gasteiger partial charge in [-0.25, -0.2) is 4.79 Å². The minimum atomic E-state index is -1.26. The summed E-state index contributed by atoms with van der Waals surface area (Å²) in [6.45, 7) is 0.619. The molecule has 0 aromatic carbocycles. The third kappa shape index (κ3) is 3.46. The van der Waals surface area contributed by atoms with Gasteiger partial charge in [-0.3, -0.25) is 4.79 Å². The first-order valence-electron chi connectivity index (χ1n) is 3.42. The Kier molecular flexibility index (Phi) is 2.01. The van der Waals surface area contributed by atoms with Gasteiger partial charge >= 0.3 is 5.97 Å². The maximum absolute atomic E-state index is 10.4. The van der Waals surface area contributed by atoms with Crippen LogP contribution in [0, 0.1) is 0 Å². The van der Waals surface area contributed by atoms with Gasteiger partial charge in [-0.2, -0.15) is 0 Å². The van der Waals surface area contributed by atoms with E-state index >= 15 is 0 Å². The van der Waals surface area contributed by atoms with Crippen molar-refractivity contribution in [2.75, 3.05) is 6.58 Å². The first-order chi connectivity index (χ1) is 5.07. The summed E-state index contributed by atoms with van der Waals surface area (Å²) in [6, 6.07) is 0. The minimum Gasteiger partial charge on any atom is -0.456 e. The number of ketones is 1. The van der Waals surface area contributed by atoms with E-state index in [1.807, 2.05) is 0 Å². The highest BCUT2D eigenvalue weighted by Crippen LogP contribution is 1.79. The van der Waals surface area contributed by atoms with Crippen molar-refractivity contribution in [2.45, 2.75) is 6.92 Å². The molecule has 9 heavy (non-hydrogen) atoms. The van der Waals surface area contributed by atoms with Gasteiger partial charge in [-0.15, -0.1) is 0 Å². The number of Topliss-reactive ketones (excluding diaryl/α,β-unsaturated/α-hetero) is 1. The number of ether oxygens (including phenoxy) is 1. The summed E-state index contributed by atoms with van der Waals surface area (Å²) in [5.74, 6) is -1.80. The molecule has 0 fully saturated rings. The molecule has 0 aromatic heterocycles. The molecule has 0 N–H and O–H groups in total. The molecule has 3 heteroatoms. The molecule has 0 aliphatic carbocycles. The Bertz CT molecular complexity index is 188. The lowest BCUT2D eigenvalue weighted by atomic mass is 10.5. The predicted molar refractivity (Wildman–Crippen MR) is 31.8 cm³/mol. The van der Waals surface area contributed by atoms with Gasteiger partial charge in [0.25, 0.3) is 0 Å². The Morgan fingerprint density at radius 3 is 3.11 bits per heavy atom. The number of hydrogen-bond acceptors (Lipinski definition) is 3.